The van der Waals surface area contributed by atoms with Gasteiger partial charge < -0.3 is 20.4 Å². The second-order valence-electron chi connectivity index (χ2n) is 4.77. The molecule has 0 aliphatic carbocycles. The van der Waals surface area contributed by atoms with E-state index < -0.39 is 20.3 Å². The number of carboxylic acids is 2. The number of carboxylic acid groups (broad SMARTS) is 2. The standard InChI is InChI=1S/C11H15NO5Si/c1-18(2,3)17-9-7(11(15)16)4-6(10(13)14)5-8(9)12/h4-5H,12H2,1-3H3,(H,13,14)(H,15,16). The van der Waals surface area contributed by atoms with E-state index in [0.717, 1.165) is 6.07 Å². The highest BCUT2D eigenvalue weighted by Gasteiger charge is 2.24. The van der Waals surface area contributed by atoms with Gasteiger partial charge in [-0.3, -0.25) is 0 Å². The average Bonchev–Trinajstić information content (AvgIpc) is 2.18. The van der Waals surface area contributed by atoms with Crippen LogP contribution in [0.3, 0.4) is 0 Å². The molecule has 0 spiro atoms. The molecule has 0 saturated carbocycles. The van der Waals surface area contributed by atoms with Gasteiger partial charge in [0, 0.05) is 0 Å². The first-order chi connectivity index (χ1) is 8.11. The quantitative estimate of drug-likeness (QED) is 0.568. The fourth-order valence-electron chi connectivity index (χ4n) is 1.35. The lowest BCUT2D eigenvalue weighted by Crippen LogP contribution is -2.30. The van der Waals surface area contributed by atoms with Gasteiger partial charge >= 0.3 is 11.9 Å². The maximum Gasteiger partial charge on any atom is 0.339 e. The van der Waals surface area contributed by atoms with Crippen LogP contribution in [0.25, 0.3) is 0 Å². The highest BCUT2D eigenvalue weighted by molar-refractivity contribution is 6.70. The molecular formula is C11H15NO5Si. The monoisotopic (exact) mass is 269 g/mol. The van der Waals surface area contributed by atoms with Gasteiger partial charge in [0.05, 0.1) is 11.3 Å². The van der Waals surface area contributed by atoms with Crippen LogP contribution in [-0.4, -0.2) is 30.5 Å². The summed E-state index contributed by atoms with van der Waals surface area (Å²) in [5.74, 6) is -2.45. The van der Waals surface area contributed by atoms with E-state index in [4.69, 9.17) is 20.4 Å². The van der Waals surface area contributed by atoms with E-state index in [2.05, 4.69) is 0 Å². The lowest BCUT2D eigenvalue weighted by molar-refractivity contribution is 0.0694. The zero-order valence-electron chi connectivity index (χ0n) is 10.4. The Balaban J connectivity index is 3.41. The summed E-state index contributed by atoms with van der Waals surface area (Å²) in [5, 5.41) is 17.9. The SMILES string of the molecule is C[Si](C)(C)Oc1c(N)cc(C(=O)O)cc1C(=O)O. The minimum absolute atomic E-state index is 0.0229. The Hall–Kier alpha value is -2.02. The molecule has 0 heterocycles. The number of hydrogen-bond donors (Lipinski definition) is 3. The average molecular weight is 269 g/mol. The van der Waals surface area contributed by atoms with Crippen molar-refractivity contribution >= 4 is 25.9 Å². The van der Waals surface area contributed by atoms with Crippen LogP contribution in [0.15, 0.2) is 12.1 Å². The Morgan fingerprint density at radius 2 is 1.72 bits per heavy atom. The maximum atomic E-state index is 11.1. The van der Waals surface area contributed by atoms with Crippen LogP contribution in [0.5, 0.6) is 5.75 Å². The molecule has 18 heavy (non-hydrogen) atoms. The Labute approximate surface area is 105 Å². The number of aromatic carboxylic acids is 2. The third-order valence-electron chi connectivity index (χ3n) is 2.00. The smallest absolute Gasteiger partial charge is 0.339 e. The van der Waals surface area contributed by atoms with Crippen molar-refractivity contribution < 1.29 is 24.2 Å². The van der Waals surface area contributed by atoms with E-state index in [1.807, 2.05) is 19.6 Å². The Bertz CT molecular complexity index is 507. The molecule has 0 aromatic heterocycles. The molecule has 0 saturated heterocycles. The topological polar surface area (TPSA) is 110 Å². The summed E-state index contributed by atoms with van der Waals surface area (Å²) in [5.41, 5.74) is 5.30. The van der Waals surface area contributed by atoms with Crippen molar-refractivity contribution in [3.8, 4) is 5.75 Å². The number of rotatable bonds is 4. The number of nitrogen functional groups attached to an aromatic ring is 1. The van der Waals surface area contributed by atoms with Crippen molar-refractivity contribution in [1.82, 2.24) is 0 Å². The van der Waals surface area contributed by atoms with Gasteiger partial charge in [-0.2, -0.15) is 0 Å². The predicted molar refractivity (Wildman–Crippen MR) is 68.7 cm³/mol. The molecule has 0 aliphatic rings. The van der Waals surface area contributed by atoms with Crippen molar-refractivity contribution in [2.75, 3.05) is 5.73 Å². The van der Waals surface area contributed by atoms with E-state index in [-0.39, 0.29) is 22.6 Å². The van der Waals surface area contributed by atoms with Gasteiger partial charge in [-0.1, -0.05) is 0 Å². The fourth-order valence-corrected chi connectivity index (χ4v) is 2.19. The van der Waals surface area contributed by atoms with Gasteiger partial charge in [0.2, 0.25) is 8.32 Å². The van der Waals surface area contributed by atoms with E-state index in [1.54, 1.807) is 0 Å². The maximum absolute atomic E-state index is 11.1. The molecule has 0 radical (unpaired) electrons. The molecule has 0 atom stereocenters. The predicted octanol–water partition coefficient (Wildman–Crippen LogP) is 1.88. The number of hydrogen-bond acceptors (Lipinski definition) is 4. The summed E-state index contributed by atoms with van der Waals surface area (Å²) in [6.07, 6.45) is 0. The van der Waals surface area contributed by atoms with Crippen molar-refractivity contribution in [2.24, 2.45) is 0 Å². The summed E-state index contributed by atoms with van der Waals surface area (Å²) < 4.78 is 5.60. The van der Waals surface area contributed by atoms with E-state index in [9.17, 15) is 9.59 Å². The molecule has 1 aromatic carbocycles. The Morgan fingerprint density at radius 1 is 1.17 bits per heavy atom. The summed E-state index contributed by atoms with van der Waals surface area (Å²) in [6, 6.07) is 2.25. The molecule has 1 aromatic rings. The normalized spacial score (nSPS) is 11.1. The van der Waals surface area contributed by atoms with E-state index >= 15 is 0 Å². The van der Waals surface area contributed by atoms with Crippen molar-refractivity contribution in [1.29, 1.82) is 0 Å². The van der Waals surface area contributed by atoms with E-state index in [0.29, 0.717) is 0 Å². The highest BCUT2D eigenvalue weighted by Crippen LogP contribution is 2.30. The highest BCUT2D eigenvalue weighted by atomic mass is 28.4. The summed E-state index contributed by atoms with van der Waals surface area (Å²) in [6.45, 7) is 5.63. The van der Waals surface area contributed by atoms with Crippen molar-refractivity contribution in [2.45, 2.75) is 19.6 Å². The minimum atomic E-state index is -2.04. The number of anilines is 1. The minimum Gasteiger partial charge on any atom is -0.542 e. The van der Waals surface area contributed by atoms with Crippen LogP contribution in [-0.2, 0) is 0 Å². The van der Waals surface area contributed by atoms with Gasteiger partial charge in [0.15, 0.2) is 0 Å². The third kappa shape index (κ3) is 3.23. The number of carbonyl (C=O) groups is 2. The molecule has 6 nitrogen and oxygen atoms in total. The van der Waals surface area contributed by atoms with Gasteiger partial charge in [0.1, 0.15) is 11.3 Å². The first kappa shape index (κ1) is 14.0. The molecule has 98 valence electrons. The largest absolute Gasteiger partial charge is 0.542 e. The van der Waals surface area contributed by atoms with Gasteiger partial charge in [0.25, 0.3) is 0 Å². The van der Waals surface area contributed by atoms with E-state index in [1.165, 1.54) is 6.07 Å². The fraction of sp³-hybridized carbons (Fsp3) is 0.273. The zero-order chi connectivity index (χ0) is 14.1. The molecule has 7 heteroatoms. The molecule has 0 bridgehead atoms. The van der Waals surface area contributed by atoms with Crippen LogP contribution in [0, 0.1) is 0 Å². The summed E-state index contributed by atoms with van der Waals surface area (Å²) in [4.78, 5) is 22.0. The summed E-state index contributed by atoms with van der Waals surface area (Å²) in [7, 11) is -2.04. The molecule has 1 rings (SSSR count). The van der Waals surface area contributed by atoms with Gasteiger partial charge in [-0.25, -0.2) is 9.59 Å². The molecule has 0 unspecified atom stereocenters. The van der Waals surface area contributed by atoms with Crippen LogP contribution in [0.2, 0.25) is 19.6 Å². The second-order valence-corrected chi connectivity index (χ2v) is 9.20. The van der Waals surface area contributed by atoms with Crippen molar-refractivity contribution in [3.05, 3.63) is 23.3 Å². The number of nitrogens with two attached hydrogens (primary N) is 1. The first-order valence-corrected chi connectivity index (χ1v) is 8.62. The molecule has 4 N–H and O–H groups in total. The molecular weight excluding hydrogens is 254 g/mol. The van der Waals surface area contributed by atoms with Crippen LogP contribution < -0.4 is 10.2 Å². The van der Waals surface area contributed by atoms with Crippen LogP contribution >= 0.6 is 0 Å². The lowest BCUT2D eigenvalue weighted by Gasteiger charge is -2.22. The first-order valence-electron chi connectivity index (χ1n) is 5.21. The Morgan fingerprint density at radius 3 is 2.11 bits per heavy atom. The second kappa shape index (κ2) is 4.69. The lowest BCUT2D eigenvalue weighted by atomic mass is 10.1. The van der Waals surface area contributed by atoms with Crippen LogP contribution in [0.4, 0.5) is 5.69 Å². The number of benzene rings is 1. The third-order valence-corrected chi connectivity index (χ3v) is 2.82. The molecule has 0 fully saturated rings. The Kier molecular flexibility index (Phi) is 3.66. The van der Waals surface area contributed by atoms with Crippen molar-refractivity contribution in [3.63, 3.8) is 0 Å². The van der Waals surface area contributed by atoms with Gasteiger partial charge in [-0.15, -0.1) is 0 Å². The summed E-state index contributed by atoms with van der Waals surface area (Å²) >= 11 is 0. The zero-order valence-corrected chi connectivity index (χ0v) is 11.4. The molecule has 0 aliphatic heterocycles. The van der Waals surface area contributed by atoms with Crippen LogP contribution in [0.1, 0.15) is 20.7 Å². The van der Waals surface area contributed by atoms with Gasteiger partial charge in [-0.05, 0) is 31.8 Å². The molecule has 0 amide bonds.